The fourth-order valence-corrected chi connectivity index (χ4v) is 3.87. The molecule has 0 spiro atoms. The minimum atomic E-state index is -3.87. The Hall–Kier alpha value is -2.66. The summed E-state index contributed by atoms with van der Waals surface area (Å²) < 4.78 is 32.7. The maximum atomic E-state index is 13.1. The van der Waals surface area contributed by atoms with Crippen molar-refractivity contribution in [3.8, 4) is 6.07 Å². The number of hydrogen-bond acceptors (Lipinski definition) is 5. The number of pyridine rings is 1. The van der Waals surface area contributed by atoms with Crippen LogP contribution in [-0.2, 0) is 23.1 Å². The van der Waals surface area contributed by atoms with Crippen LogP contribution < -0.4 is 0 Å². The fraction of sp³-hybridized carbons (Fsp3) is 0.111. The van der Waals surface area contributed by atoms with Crippen LogP contribution in [0.2, 0.25) is 5.15 Å². The molecule has 0 saturated heterocycles. The quantitative estimate of drug-likeness (QED) is 0.603. The molecule has 1 aromatic carbocycles. The van der Waals surface area contributed by atoms with Crippen molar-refractivity contribution < 1.29 is 12.8 Å². The second-order valence-electron chi connectivity index (χ2n) is 5.44. The molecule has 6 nitrogen and oxygen atoms in total. The molecule has 0 saturated carbocycles. The topological polar surface area (TPSA) is 87.2 Å². The van der Waals surface area contributed by atoms with Gasteiger partial charge in [0.2, 0.25) is 10.0 Å². The molecule has 2 heterocycles. The number of nitrogens with zero attached hydrogens (tertiary/aromatic N) is 3. The van der Waals surface area contributed by atoms with Crippen molar-refractivity contribution in [3.63, 3.8) is 0 Å². The number of hydrogen-bond donors (Lipinski definition) is 0. The highest BCUT2D eigenvalue weighted by molar-refractivity contribution is 7.89. The van der Waals surface area contributed by atoms with Crippen LogP contribution in [0.1, 0.15) is 16.9 Å². The molecule has 3 aromatic rings. The van der Waals surface area contributed by atoms with Crippen molar-refractivity contribution in [3.05, 3.63) is 83.0 Å². The van der Waals surface area contributed by atoms with Gasteiger partial charge in [0.15, 0.2) is 0 Å². The molecule has 132 valence electrons. The van der Waals surface area contributed by atoms with E-state index in [9.17, 15) is 13.7 Å². The monoisotopic (exact) mass is 387 g/mol. The van der Waals surface area contributed by atoms with E-state index in [2.05, 4.69) is 11.1 Å². The number of aromatic nitrogens is 1. The third-order valence-corrected chi connectivity index (χ3v) is 5.73. The predicted octanol–water partition coefficient (Wildman–Crippen LogP) is 3.59. The maximum absolute atomic E-state index is 13.1. The standard InChI is InChI=1S/C18H14ClN3O3S/c19-18-8-7-17(11-21-18)26(23,24)22(13-16-6-3-9-25-16)12-15-5-2-1-4-14(15)10-20/h1-9,11H,12-13H2. The van der Waals surface area contributed by atoms with E-state index in [-0.39, 0.29) is 23.1 Å². The molecular weight excluding hydrogens is 374 g/mol. The maximum Gasteiger partial charge on any atom is 0.245 e. The second-order valence-corrected chi connectivity index (χ2v) is 7.76. The number of halogens is 1. The van der Waals surface area contributed by atoms with Crippen molar-refractivity contribution in [1.29, 1.82) is 5.26 Å². The number of furan rings is 1. The lowest BCUT2D eigenvalue weighted by atomic mass is 10.1. The van der Waals surface area contributed by atoms with Gasteiger partial charge in [0, 0.05) is 12.7 Å². The van der Waals surface area contributed by atoms with E-state index in [0.717, 1.165) is 0 Å². The first-order valence-electron chi connectivity index (χ1n) is 7.63. The molecular formula is C18H14ClN3O3S. The third kappa shape index (κ3) is 3.94. The minimum Gasteiger partial charge on any atom is -0.468 e. The zero-order chi connectivity index (χ0) is 18.6. The van der Waals surface area contributed by atoms with E-state index in [1.54, 1.807) is 36.4 Å². The van der Waals surface area contributed by atoms with Gasteiger partial charge >= 0.3 is 0 Å². The molecule has 0 N–H and O–H groups in total. The summed E-state index contributed by atoms with van der Waals surface area (Å²) in [5, 5.41) is 9.48. The van der Waals surface area contributed by atoms with Crippen molar-refractivity contribution >= 4 is 21.6 Å². The number of benzene rings is 1. The van der Waals surface area contributed by atoms with Crippen molar-refractivity contribution in [1.82, 2.24) is 9.29 Å². The summed E-state index contributed by atoms with van der Waals surface area (Å²) in [5.41, 5.74) is 1.02. The Bertz CT molecular complexity index is 1030. The normalized spacial score (nSPS) is 11.4. The molecule has 2 aromatic heterocycles. The van der Waals surface area contributed by atoms with Gasteiger partial charge in [-0.15, -0.1) is 0 Å². The van der Waals surface area contributed by atoms with Crippen molar-refractivity contribution in [2.75, 3.05) is 0 Å². The molecule has 0 bridgehead atoms. The fourth-order valence-electron chi connectivity index (χ4n) is 2.42. The lowest BCUT2D eigenvalue weighted by Crippen LogP contribution is -2.30. The largest absolute Gasteiger partial charge is 0.468 e. The average Bonchev–Trinajstić information content (AvgIpc) is 3.15. The molecule has 0 amide bonds. The van der Waals surface area contributed by atoms with Gasteiger partial charge in [0.1, 0.15) is 15.8 Å². The molecule has 0 radical (unpaired) electrons. The lowest BCUT2D eigenvalue weighted by Gasteiger charge is -2.21. The second kappa shape index (κ2) is 7.70. The van der Waals surface area contributed by atoms with Crippen LogP contribution in [0.3, 0.4) is 0 Å². The summed E-state index contributed by atoms with van der Waals surface area (Å²) in [6, 6.07) is 15.2. The Labute approximate surface area is 156 Å². The summed E-state index contributed by atoms with van der Waals surface area (Å²) in [4.78, 5) is 3.87. The molecule has 0 aliphatic rings. The smallest absolute Gasteiger partial charge is 0.245 e. The third-order valence-electron chi connectivity index (χ3n) is 3.73. The van der Waals surface area contributed by atoms with Crippen LogP contribution >= 0.6 is 11.6 Å². The first kappa shape index (κ1) is 18.1. The molecule has 8 heteroatoms. The molecule has 0 fully saturated rings. The molecule has 0 unspecified atom stereocenters. The molecule has 0 aliphatic carbocycles. The number of rotatable bonds is 6. The van der Waals surface area contributed by atoms with Gasteiger partial charge in [0.05, 0.1) is 24.4 Å². The summed E-state index contributed by atoms with van der Waals surface area (Å²) in [6.07, 6.45) is 2.69. The van der Waals surface area contributed by atoms with E-state index < -0.39 is 10.0 Å². The lowest BCUT2D eigenvalue weighted by molar-refractivity contribution is 0.358. The van der Waals surface area contributed by atoms with E-state index in [1.807, 2.05) is 0 Å². The van der Waals surface area contributed by atoms with Crippen LogP contribution in [0, 0.1) is 11.3 Å². The molecule has 0 aliphatic heterocycles. The van der Waals surface area contributed by atoms with E-state index >= 15 is 0 Å². The Morgan fingerprint density at radius 2 is 1.92 bits per heavy atom. The summed E-state index contributed by atoms with van der Waals surface area (Å²) in [7, 11) is -3.87. The highest BCUT2D eigenvalue weighted by Crippen LogP contribution is 2.23. The molecule has 0 atom stereocenters. The van der Waals surface area contributed by atoms with Gasteiger partial charge in [-0.05, 0) is 35.9 Å². The SMILES string of the molecule is N#Cc1ccccc1CN(Cc1ccco1)S(=O)(=O)c1ccc(Cl)nc1. The zero-order valence-electron chi connectivity index (χ0n) is 13.5. The first-order chi connectivity index (χ1) is 12.5. The zero-order valence-corrected chi connectivity index (χ0v) is 15.1. The van der Waals surface area contributed by atoms with E-state index in [0.29, 0.717) is 16.9 Å². The number of nitriles is 1. The van der Waals surface area contributed by atoms with Crippen molar-refractivity contribution in [2.24, 2.45) is 0 Å². The predicted molar refractivity (Wildman–Crippen MR) is 95.5 cm³/mol. The Balaban J connectivity index is 2.00. The summed E-state index contributed by atoms with van der Waals surface area (Å²) >= 11 is 5.76. The van der Waals surface area contributed by atoms with Gasteiger partial charge in [-0.2, -0.15) is 9.57 Å². The van der Waals surface area contributed by atoms with Crippen LogP contribution in [0.15, 0.2) is 70.3 Å². The Kier molecular flexibility index (Phi) is 5.38. The Morgan fingerprint density at radius 3 is 2.58 bits per heavy atom. The van der Waals surface area contributed by atoms with Crippen LogP contribution in [0.25, 0.3) is 0 Å². The highest BCUT2D eigenvalue weighted by Gasteiger charge is 2.27. The van der Waals surface area contributed by atoms with Gasteiger partial charge < -0.3 is 4.42 Å². The Morgan fingerprint density at radius 1 is 1.12 bits per heavy atom. The van der Waals surface area contributed by atoms with Gasteiger partial charge in [0.25, 0.3) is 0 Å². The van der Waals surface area contributed by atoms with Crippen LogP contribution in [0.5, 0.6) is 0 Å². The average molecular weight is 388 g/mol. The first-order valence-corrected chi connectivity index (χ1v) is 9.44. The van der Waals surface area contributed by atoms with Gasteiger partial charge in [-0.1, -0.05) is 29.8 Å². The summed E-state index contributed by atoms with van der Waals surface area (Å²) in [6.45, 7) is 0.0487. The van der Waals surface area contributed by atoms with Crippen molar-refractivity contribution in [2.45, 2.75) is 18.0 Å². The summed E-state index contributed by atoms with van der Waals surface area (Å²) in [5.74, 6) is 0.491. The molecule has 3 rings (SSSR count). The van der Waals surface area contributed by atoms with E-state index in [1.165, 1.54) is 28.9 Å². The van der Waals surface area contributed by atoms with Crippen LogP contribution in [-0.4, -0.2) is 17.7 Å². The molecule has 26 heavy (non-hydrogen) atoms. The minimum absolute atomic E-state index is 0.0166. The number of sulfonamides is 1. The van der Waals surface area contributed by atoms with Gasteiger partial charge in [-0.25, -0.2) is 13.4 Å². The van der Waals surface area contributed by atoms with Gasteiger partial charge in [-0.3, -0.25) is 0 Å². The van der Waals surface area contributed by atoms with Crippen LogP contribution in [0.4, 0.5) is 0 Å². The highest BCUT2D eigenvalue weighted by atomic mass is 35.5. The van der Waals surface area contributed by atoms with E-state index in [4.69, 9.17) is 16.0 Å².